The Kier molecular flexibility index (Phi) is 8.91. The van der Waals surface area contributed by atoms with E-state index in [0.29, 0.717) is 29.1 Å². The molecule has 0 spiro atoms. The van der Waals surface area contributed by atoms with Crippen molar-refractivity contribution in [3.63, 3.8) is 0 Å². The van der Waals surface area contributed by atoms with Crippen molar-refractivity contribution in [3.05, 3.63) is 98.6 Å². The van der Waals surface area contributed by atoms with Crippen LogP contribution in [0.2, 0.25) is 10.0 Å². The number of esters is 1. The Morgan fingerprint density at radius 2 is 1.59 bits per heavy atom. The minimum atomic E-state index is -0.713. The first-order valence-electron chi connectivity index (χ1n) is 11.9. The smallest absolute Gasteiger partial charge is 0.338 e. The molecule has 1 heterocycles. The van der Waals surface area contributed by atoms with Crippen molar-refractivity contribution in [1.29, 1.82) is 0 Å². The molecule has 200 valence electrons. The number of hydrogen-bond acceptors (Lipinski definition) is 6. The van der Waals surface area contributed by atoms with Gasteiger partial charge in [-0.05, 0) is 67.1 Å². The van der Waals surface area contributed by atoms with E-state index in [-0.39, 0.29) is 26.5 Å². The largest absolute Gasteiger partial charge is 0.462 e. The molecule has 8 nitrogen and oxygen atoms in total. The zero-order chi connectivity index (χ0) is 28.1. The summed E-state index contributed by atoms with van der Waals surface area (Å²) in [6, 6.07) is 17.0. The molecule has 0 atom stereocenters. The molecule has 39 heavy (non-hydrogen) atoms. The standard InChI is InChI=1S/C28H22Cl3N3O5/c1-2-3-13-39-28(38)17-5-4-6-19(14-17)33-25(35)16-7-9-18(10-8-16)32-24-23(31)26(36)34(27(24)37)20-11-12-21(29)22(30)15-20/h4-12,14-15,32H,2-3,13H2,1H3,(H,33,35). The summed E-state index contributed by atoms with van der Waals surface area (Å²) >= 11 is 18.1. The normalized spacial score (nSPS) is 13.1. The van der Waals surface area contributed by atoms with E-state index in [0.717, 1.165) is 17.7 Å². The number of carbonyl (C=O) groups excluding carboxylic acids is 4. The van der Waals surface area contributed by atoms with Crippen molar-refractivity contribution in [1.82, 2.24) is 0 Å². The summed E-state index contributed by atoms with van der Waals surface area (Å²) in [5.41, 5.74) is 1.62. The van der Waals surface area contributed by atoms with Gasteiger partial charge >= 0.3 is 5.97 Å². The van der Waals surface area contributed by atoms with Gasteiger partial charge in [-0.25, -0.2) is 9.69 Å². The van der Waals surface area contributed by atoms with Crippen LogP contribution in [0.4, 0.5) is 17.1 Å². The summed E-state index contributed by atoms with van der Waals surface area (Å²) in [6.45, 7) is 2.34. The van der Waals surface area contributed by atoms with Gasteiger partial charge in [0.25, 0.3) is 17.7 Å². The van der Waals surface area contributed by atoms with Crippen LogP contribution >= 0.6 is 34.8 Å². The van der Waals surface area contributed by atoms with Crippen molar-refractivity contribution in [2.75, 3.05) is 22.1 Å². The van der Waals surface area contributed by atoms with E-state index in [9.17, 15) is 19.2 Å². The molecule has 0 saturated carbocycles. The lowest BCUT2D eigenvalue weighted by Gasteiger charge is -2.15. The Morgan fingerprint density at radius 3 is 2.28 bits per heavy atom. The van der Waals surface area contributed by atoms with E-state index >= 15 is 0 Å². The van der Waals surface area contributed by atoms with E-state index in [1.54, 1.807) is 36.4 Å². The molecular formula is C28H22Cl3N3O5. The number of unbranched alkanes of at least 4 members (excludes halogenated alkanes) is 1. The van der Waals surface area contributed by atoms with Crippen LogP contribution in [0.1, 0.15) is 40.5 Å². The fraction of sp³-hybridized carbons (Fsp3) is 0.143. The predicted molar refractivity (Wildman–Crippen MR) is 151 cm³/mol. The minimum absolute atomic E-state index is 0.118. The Balaban J connectivity index is 1.42. The highest BCUT2D eigenvalue weighted by Gasteiger charge is 2.39. The molecule has 0 aromatic heterocycles. The minimum Gasteiger partial charge on any atom is -0.462 e. The number of carbonyl (C=O) groups is 4. The van der Waals surface area contributed by atoms with Gasteiger partial charge in [-0.3, -0.25) is 14.4 Å². The van der Waals surface area contributed by atoms with Gasteiger partial charge < -0.3 is 15.4 Å². The van der Waals surface area contributed by atoms with E-state index < -0.39 is 23.7 Å². The highest BCUT2D eigenvalue weighted by atomic mass is 35.5. The number of hydrogen-bond donors (Lipinski definition) is 2. The van der Waals surface area contributed by atoms with Gasteiger partial charge in [0.2, 0.25) is 0 Å². The van der Waals surface area contributed by atoms with Gasteiger partial charge in [0.05, 0.1) is 27.9 Å². The fourth-order valence-corrected chi connectivity index (χ4v) is 4.14. The average Bonchev–Trinajstić information content (AvgIpc) is 3.13. The second kappa shape index (κ2) is 12.3. The topological polar surface area (TPSA) is 105 Å². The van der Waals surface area contributed by atoms with Crippen LogP contribution in [0.25, 0.3) is 0 Å². The van der Waals surface area contributed by atoms with Crippen LogP contribution in [-0.2, 0) is 14.3 Å². The second-order valence-electron chi connectivity index (χ2n) is 8.46. The molecule has 1 aliphatic heterocycles. The summed E-state index contributed by atoms with van der Waals surface area (Å²) in [5.74, 6) is -2.25. The summed E-state index contributed by atoms with van der Waals surface area (Å²) in [4.78, 5) is 51.5. The lowest BCUT2D eigenvalue weighted by molar-refractivity contribution is -0.120. The molecule has 0 saturated heterocycles. The second-order valence-corrected chi connectivity index (χ2v) is 9.65. The van der Waals surface area contributed by atoms with Gasteiger partial charge in [0, 0.05) is 16.9 Å². The summed E-state index contributed by atoms with van der Waals surface area (Å²) in [7, 11) is 0. The SMILES string of the molecule is CCCCOC(=O)c1cccc(NC(=O)c2ccc(NC3=C(Cl)C(=O)N(c4ccc(Cl)c(Cl)c4)C3=O)cc2)c1. The number of anilines is 3. The van der Waals surface area contributed by atoms with E-state index in [1.165, 1.54) is 30.3 Å². The van der Waals surface area contributed by atoms with E-state index in [4.69, 9.17) is 39.5 Å². The van der Waals surface area contributed by atoms with Gasteiger partial charge in [-0.1, -0.05) is 54.2 Å². The monoisotopic (exact) mass is 585 g/mol. The quantitative estimate of drug-likeness (QED) is 0.165. The first-order chi connectivity index (χ1) is 18.7. The molecule has 0 bridgehead atoms. The highest BCUT2D eigenvalue weighted by molar-refractivity contribution is 6.53. The molecule has 0 unspecified atom stereocenters. The third kappa shape index (κ3) is 6.42. The van der Waals surface area contributed by atoms with Gasteiger partial charge in [0.1, 0.15) is 10.7 Å². The zero-order valence-electron chi connectivity index (χ0n) is 20.6. The molecule has 3 aromatic rings. The number of ether oxygens (including phenoxy) is 1. The highest BCUT2D eigenvalue weighted by Crippen LogP contribution is 2.33. The van der Waals surface area contributed by atoms with Crippen molar-refractivity contribution >= 4 is 75.6 Å². The molecular weight excluding hydrogens is 565 g/mol. The Hall–Kier alpha value is -3.85. The molecule has 2 N–H and O–H groups in total. The van der Waals surface area contributed by atoms with E-state index in [2.05, 4.69) is 10.6 Å². The molecule has 11 heteroatoms. The lowest BCUT2D eigenvalue weighted by atomic mass is 10.1. The average molecular weight is 587 g/mol. The van der Waals surface area contributed by atoms with Crippen LogP contribution in [-0.4, -0.2) is 30.3 Å². The van der Waals surface area contributed by atoms with Crippen molar-refractivity contribution < 1.29 is 23.9 Å². The fourth-order valence-electron chi connectivity index (χ4n) is 3.64. The van der Waals surface area contributed by atoms with Crippen LogP contribution in [0.15, 0.2) is 77.5 Å². The van der Waals surface area contributed by atoms with Crippen molar-refractivity contribution in [2.45, 2.75) is 19.8 Å². The first kappa shape index (κ1) is 28.2. The predicted octanol–water partition coefficient (Wildman–Crippen LogP) is 6.64. The van der Waals surface area contributed by atoms with Gasteiger partial charge in [-0.2, -0.15) is 0 Å². The molecule has 1 aliphatic rings. The summed E-state index contributed by atoms with van der Waals surface area (Å²) < 4.78 is 5.21. The Bertz CT molecular complexity index is 1490. The third-order valence-corrected chi connectivity index (χ3v) is 6.78. The number of benzene rings is 3. The Morgan fingerprint density at radius 1 is 0.846 bits per heavy atom. The number of amides is 3. The maximum Gasteiger partial charge on any atom is 0.338 e. The number of nitrogens with one attached hydrogen (secondary N) is 2. The summed E-state index contributed by atoms with van der Waals surface area (Å²) in [6.07, 6.45) is 1.68. The van der Waals surface area contributed by atoms with Crippen LogP contribution in [0.3, 0.4) is 0 Å². The number of nitrogens with zero attached hydrogens (tertiary/aromatic N) is 1. The third-order valence-electron chi connectivity index (χ3n) is 5.69. The maximum absolute atomic E-state index is 13.0. The van der Waals surface area contributed by atoms with Gasteiger partial charge in [-0.15, -0.1) is 0 Å². The molecule has 0 radical (unpaired) electrons. The van der Waals surface area contributed by atoms with Crippen LogP contribution in [0.5, 0.6) is 0 Å². The molecule has 3 amide bonds. The number of halogens is 3. The number of rotatable bonds is 9. The first-order valence-corrected chi connectivity index (χ1v) is 13.0. The maximum atomic E-state index is 13.0. The Labute approximate surface area is 239 Å². The molecule has 3 aromatic carbocycles. The summed E-state index contributed by atoms with van der Waals surface area (Å²) in [5, 5.41) is 5.76. The van der Waals surface area contributed by atoms with Gasteiger partial charge in [0.15, 0.2) is 0 Å². The zero-order valence-corrected chi connectivity index (χ0v) is 22.9. The van der Waals surface area contributed by atoms with Crippen LogP contribution < -0.4 is 15.5 Å². The molecule has 0 aliphatic carbocycles. The van der Waals surface area contributed by atoms with E-state index in [1.807, 2.05) is 6.92 Å². The molecule has 4 rings (SSSR count). The van der Waals surface area contributed by atoms with Crippen LogP contribution in [0, 0.1) is 0 Å². The lowest BCUT2D eigenvalue weighted by Crippen LogP contribution is -2.32. The van der Waals surface area contributed by atoms with Crippen molar-refractivity contribution in [3.8, 4) is 0 Å². The molecule has 0 fully saturated rings. The number of imide groups is 1. The van der Waals surface area contributed by atoms with Crippen molar-refractivity contribution in [2.24, 2.45) is 0 Å².